The fraction of sp³-hybridized carbons (Fsp3) is 0.174. The zero-order valence-corrected chi connectivity index (χ0v) is 18.9. The second kappa shape index (κ2) is 9.61. The molecule has 0 unspecified atom stereocenters. The Morgan fingerprint density at radius 2 is 1.56 bits per heavy atom. The number of hydrogen-bond acceptors (Lipinski definition) is 6. The van der Waals surface area contributed by atoms with E-state index in [1.807, 2.05) is 0 Å². The predicted molar refractivity (Wildman–Crippen MR) is 122 cm³/mol. The van der Waals surface area contributed by atoms with Crippen molar-refractivity contribution < 1.29 is 27.4 Å². The van der Waals surface area contributed by atoms with E-state index in [-0.39, 0.29) is 10.5 Å². The van der Waals surface area contributed by atoms with Crippen molar-refractivity contribution >= 4 is 27.3 Å². The van der Waals surface area contributed by atoms with Crippen LogP contribution in [0.15, 0.2) is 65.6 Å². The van der Waals surface area contributed by atoms with Gasteiger partial charge < -0.3 is 19.5 Å². The minimum Gasteiger partial charge on any atom is -0.497 e. The van der Waals surface area contributed by atoms with Gasteiger partial charge in [-0.05, 0) is 48.9 Å². The molecule has 2 N–H and O–H groups in total. The zero-order valence-electron chi connectivity index (χ0n) is 18.1. The Hall–Kier alpha value is -3.72. The van der Waals surface area contributed by atoms with Gasteiger partial charge in [-0.15, -0.1) is 0 Å². The molecular weight excluding hydrogens is 432 g/mol. The van der Waals surface area contributed by atoms with Crippen LogP contribution in [0.3, 0.4) is 0 Å². The van der Waals surface area contributed by atoms with Gasteiger partial charge in [-0.1, -0.05) is 18.2 Å². The molecule has 0 spiro atoms. The smallest absolute Gasteiger partial charge is 0.262 e. The number of carbonyl (C=O) groups excluding carboxylic acids is 1. The third kappa shape index (κ3) is 4.94. The minimum absolute atomic E-state index is 0.0305. The molecule has 0 aliphatic heterocycles. The molecule has 0 radical (unpaired) electrons. The number of hydrogen-bond donors (Lipinski definition) is 2. The number of amides is 1. The number of para-hydroxylation sites is 2. The lowest BCUT2D eigenvalue weighted by atomic mass is 10.1. The maximum atomic E-state index is 13.1. The first-order valence-electron chi connectivity index (χ1n) is 9.59. The van der Waals surface area contributed by atoms with Crippen LogP contribution in [-0.2, 0) is 10.0 Å². The molecule has 9 heteroatoms. The lowest BCUT2D eigenvalue weighted by Gasteiger charge is -2.15. The maximum Gasteiger partial charge on any atom is 0.262 e. The van der Waals surface area contributed by atoms with Crippen LogP contribution >= 0.6 is 0 Å². The Morgan fingerprint density at radius 1 is 0.844 bits per heavy atom. The molecule has 0 bridgehead atoms. The molecule has 0 aliphatic carbocycles. The molecule has 0 heterocycles. The second-order valence-corrected chi connectivity index (χ2v) is 8.46. The Morgan fingerprint density at radius 3 is 2.25 bits per heavy atom. The summed E-state index contributed by atoms with van der Waals surface area (Å²) in [7, 11) is 0.482. The molecule has 0 aliphatic rings. The highest BCUT2D eigenvalue weighted by molar-refractivity contribution is 7.92. The summed E-state index contributed by atoms with van der Waals surface area (Å²) >= 11 is 0. The van der Waals surface area contributed by atoms with Crippen molar-refractivity contribution in [3.05, 3.63) is 71.8 Å². The Kier molecular flexibility index (Phi) is 6.89. The molecule has 0 saturated heterocycles. The van der Waals surface area contributed by atoms with Gasteiger partial charge in [0.2, 0.25) is 0 Å². The van der Waals surface area contributed by atoms with Crippen LogP contribution in [0.25, 0.3) is 0 Å². The van der Waals surface area contributed by atoms with Crippen molar-refractivity contribution in [1.82, 2.24) is 0 Å². The number of benzene rings is 3. The SMILES string of the molecule is COc1ccc(C(=O)Nc2ccc(C)c(S(=O)(=O)Nc3ccccc3OC)c2)c(OC)c1. The number of sulfonamides is 1. The molecule has 32 heavy (non-hydrogen) atoms. The van der Waals surface area contributed by atoms with Crippen LogP contribution in [0.2, 0.25) is 0 Å². The van der Waals surface area contributed by atoms with E-state index in [1.165, 1.54) is 27.4 Å². The number of carbonyl (C=O) groups is 1. The van der Waals surface area contributed by atoms with E-state index in [2.05, 4.69) is 10.0 Å². The van der Waals surface area contributed by atoms with Crippen LogP contribution < -0.4 is 24.2 Å². The average Bonchev–Trinajstić information content (AvgIpc) is 2.79. The number of methoxy groups -OCH3 is 3. The molecule has 0 saturated carbocycles. The fourth-order valence-corrected chi connectivity index (χ4v) is 4.42. The van der Waals surface area contributed by atoms with Crippen molar-refractivity contribution in [3.63, 3.8) is 0 Å². The molecule has 3 rings (SSSR count). The standard InChI is InChI=1S/C23H24N2O6S/c1-15-9-10-16(24-23(26)18-12-11-17(29-2)14-21(18)31-4)13-22(15)32(27,28)25-19-7-5-6-8-20(19)30-3/h5-14,25H,1-4H3,(H,24,26). The summed E-state index contributed by atoms with van der Waals surface area (Å²) < 4.78 is 44.3. The normalized spacial score (nSPS) is 10.9. The highest BCUT2D eigenvalue weighted by Crippen LogP contribution is 2.29. The topological polar surface area (TPSA) is 103 Å². The summed E-state index contributed by atoms with van der Waals surface area (Å²) in [6.07, 6.45) is 0. The van der Waals surface area contributed by atoms with Gasteiger partial charge >= 0.3 is 0 Å². The van der Waals surface area contributed by atoms with E-state index >= 15 is 0 Å². The summed E-state index contributed by atoms with van der Waals surface area (Å²) in [5, 5.41) is 2.72. The first kappa shape index (κ1) is 23.0. The zero-order chi connectivity index (χ0) is 23.3. The first-order chi connectivity index (χ1) is 15.3. The van der Waals surface area contributed by atoms with Gasteiger partial charge in [0.15, 0.2) is 0 Å². The van der Waals surface area contributed by atoms with Crippen LogP contribution in [0, 0.1) is 6.92 Å². The molecule has 0 aromatic heterocycles. The number of anilines is 2. The van der Waals surface area contributed by atoms with Crippen LogP contribution in [0.4, 0.5) is 11.4 Å². The molecule has 0 atom stereocenters. The number of nitrogens with one attached hydrogen (secondary N) is 2. The molecular formula is C23H24N2O6S. The maximum absolute atomic E-state index is 13.1. The van der Waals surface area contributed by atoms with Crippen molar-refractivity contribution in [1.29, 1.82) is 0 Å². The lowest BCUT2D eigenvalue weighted by Crippen LogP contribution is -2.17. The molecule has 8 nitrogen and oxygen atoms in total. The third-order valence-electron chi connectivity index (χ3n) is 4.74. The van der Waals surface area contributed by atoms with Gasteiger partial charge in [-0.2, -0.15) is 0 Å². The Labute approximate surface area is 187 Å². The van der Waals surface area contributed by atoms with E-state index in [0.29, 0.717) is 34.2 Å². The van der Waals surface area contributed by atoms with E-state index in [0.717, 1.165) is 0 Å². The van der Waals surface area contributed by atoms with E-state index in [4.69, 9.17) is 14.2 Å². The molecule has 3 aromatic carbocycles. The van der Waals surface area contributed by atoms with Gasteiger partial charge in [0.05, 0.1) is 37.5 Å². The molecule has 1 amide bonds. The van der Waals surface area contributed by atoms with Crippen LogP contribution in [-0.4, -0.2) is 35.7 Å². The van der Waals surface area contributed by atoms with Gasteiger partial charge in [0.25, 0.3) is 15.9 Å². The third-order valence-corrected chi connectivity index (χ3v) is 6.25. The van der Waals surface area contributed by atoms with Gasteiger partial charge in [0, 0.05) is 11.8 Å². The Bertz CT molecular complexity index is 1240. The van der Waals surface area contributed by atoms with E-state index in [1.54, 1.807) is 61.5 Å². The summed E-state index contributed by atoms with van der Waals surface area (Å²) in [4.78, 5) is 12.8. The van der Waals surface area contributed by atoms with Crippen LogP contribution in [0.5, 0.6) is 17.2 Å². The van der Waals surface area contributed by atoms with Gasteiger partial charge in [-0.3, -0.25) is 9.52 Å². The van der Waals surface area contributed by atoms with Crippen LogP contribution in [0.1, 0.15) is 15.9 Å². The summed E-state index contributed by atoms with van der Waals surface area (Å²) in [6.45, 7) is 1.68. The first-order valence-corrected chi connectivity index (χ1v) is 11.1. The number of ether oxygens (including phenoxy) is 3. The fourth-order valence-electron chi connectivity index (χ4n) is 3.08. The summed E-state index contributed by atoms with van der Waals surface area (Å²) in [5.74, 6) is 0.823. The Balaban J connectivity index is 1.89. The van der Waals surface area contributed by atoms with Crippen molar-refractivity contribution in [2.24, 2.45) is 0 Å². The van der Waals surface area contributed by atoms with Crippen molar-refractivity contribution in [2.75, 3.05) is 31.4 Å². The van der Waals surface area contributed by atoms with Crippen molar-refractivity contribution in [2.45, 2.75) is 11.8 Å². The lowest BCUT2D eigenvalue weighted by molar-refractivity contribution is 0.102. The number of rotatable bonds is 8. The second-order valence-electron chi connectivity index (χ2n) is 6.81. The summed E-state index contributed by atoms with van der Waals surface area (Å²) in [5.41, 5.74) is 1.43. The largest absolute Gasteiger partial charge is 0.497 e. The van der Waals surface area contributed by atoms with Crippen molar-refractivity contribution in [3.8, 4) is 17.2 Å². The average molecular weight is 457 g/mol. The minimum atomic E-state index is -3.94. The monoisotopic (exact) mass is 456 g/mol. The van der Waals surface area contributed by atoms with Gasteiger partial charge in [0.1, 0.15) is 17.2 Å². The highest BCUT2D eigenvalue weighted by atomic mass is 32.2. The summed E-state index contributed by atoms with van der Waals surface area (Å²) in [6, 6.07) is 16.2. The predicted octanol–water partition coefficient (Wildman–Crippen LogP) is 4.07. The molecule has 3 aromatic rings. The highest BCUT2D eigenvalue weighted by Gasteiger charge is 2.20. The molecule has 168 valence electrons. The van der Waals surface area contributed by atoms with Gasteiger partial charge in [-0.25, -0.2) is 8.42 Å². The van der Waals surface area contributed by atoms with E-state index < -0.39 is 15.9 Å². The number of aryl methyl sites for hydroxylation is 1. The molecule has 0 fully saturated rings. The van der Waals surface area contributed by atoms with E-state index in [9.17, 15) is 13.2 Å². The quantitative estimate of drug-likeness (QED) is 0.530.